The van der Waals surface area contributed by atoms with Gasteiger partial charge in [0.05, 0.1) is 16.1 Å². The lowest BCUT2D eigenvalue weighted by molar-refractivity contribution is -0.136. The fourth-order valence-corrected chi connectivity index (χ4v) is 5.53. The Hall–Kier alpha value is -2.13. The van der Waals surface area contributed by atoms with Gasteiger partial charge in [-0.3, -0.25) is 4.79 Å². The number of hydrogen-bond donors (Lipinski definition) is 0. The fraction of sp³-hybridized carbons (Fsp3) is 0.667. The average Bonchev–Trinajstić information content (AvgIpc) is 2.82. The zero-order chi connectivity index (χ0) is 24.2. The van der Waals surface area contributed by atoms with Crippen LogP contribution in [0.3, 0.4) is 0 Å². The van der Waals surface area contributed by atoms with Gasteiger partial charge in [0, 0.05) is 40.3 Å². The standard InChI is InChI=1S/C24H37N3O5S/c1-18-8-10-19(11-9-18)26(4)23(28)17-32-24(29)21-16-20(33(30,31)25(2)3)12-13-22(21)27-14-6-5-7-15-27/h12-13,16,18-19H,5-11,14-15,17H2,1-4H3. The van der Waals surface area contributed by atoms with Crippen LogP contribution in [-0.4, -0.2) is 76.4 Å². The molecule has 1 amide bonds. The first-order valence-electron chi connectivity index (χ1n) is 11.9. The van der Waals surface area contributed by atoms with Gasteiger partial charge in [0.15, 0.2) is 6.61 Å². The number of carbonyl (C=O) groups excluding carboxylic acids is 2. The molecule has 1 aliphatic heterocycles. The SMILES string of the molecule is CC1CCC(N(C)C(=O)COC(=O)c2cc(S(=O)(=O)N(C)C)ccc2N2CCCCC2)CC1. The van der Waals surface area contributed by atoms with E-state index in [1.54, 1.807) is 18.0 Å². The Balaban J connectivity index is 1.77. The van der Waals surface area contributed by atoms with Gasteiger partial charge in [0.1, 0.15) is 0 Å². The van der Waals surface area contributed by atoms with Gasteiger partial charge in [-0.1, -0.05) is 6.92 Å². The van der Waals surface area contributed by atoms with Crippen LogP contribution < -0.4 is 4.90 Å². The van der Waals surface area contributed by atoms with Gasteiger partial charge in [-0.25, -0.2) is 17.5 Å². The maximum absolute atomic E-state index is 13.1. The third-order valence-electron chi connectivity index (χ3n) is 6.92. The molecule has 8 nitrogen and oxygen atoms in total. The van der Waals surface area contributed by atoms with Crippen LogP contribution in [0.25, 0.3) is 0 Å². The number of piperidine rings is 1. The van der Waals surface area contributed by atoms with E-state index in [2.05, 4.69) is 11.8 Å². The Kier molecular flexibility index (Phi) is 8.39. The van der Waals surface area contributed by atoms with Gasteiger partial charge < -0.3 is 14.5 Å². The number of esters is 1. The first-order chi connectivity index (χ1) is 15.6. The highest BCUT2D eigenvalue weighted by molar-refractivity contribution is 7.89. The molecule has 184 valence electrons. The molecule has 0 N–H and O–H groups in total. The molecule has 1 saturated carbocycles. The van der Waals surface area contributed by atoms with Gasteiger partial charge in [0.25, 0.3) is 5.91 Å². The minimum atomic E-state index is -3.71. The Morgan fingerprint density at radius 2 is 1.67 bits per heavy atom. The number of nitrogens with zero attached hydrogens (tertiary/aromatic N) is 3. The molecule has 2 fully saturated rings. The van der Waals surface area contributed by atoms with E-state index in [1.807, 2.05) is 0 Å². The van der Waals surface area contributed by atoms with Crippen LogP contribution in [0, 0.1) is 5.92 Å². The molecule has 0 spiro atoms. The number of likely N-dealkylation sites (N-methyl/N-ethyl adjacent to an activating group) is 1. The molecule has 1 saturated heterocycles. The highest BCUT2D eigenvalue weighted by Gasteiger charge is 2.28. The summed E-state index contributed by atoms with van der Waals surface area (Å²) in [6.07, 6.45) is 7.25. The largest absolute Gasteiger partial charge is 0.452 e. The molecule has 0 atom stereocenters. The van der Waals surface area contributed by atoms with E-state index < -0.39 is 16.0 Å². The van der Waals surface area contributed by atoms with Crippen LogP contribution in [0.4, 0.5) is 5.69 Å². The Morgan fingerprint density at radius 3 is 2.27 bits per heavy atom. The highest BCUT2D eigenvalue weighted by Crippen LogP contribution is 2.29. The molecule has 0 bridgehead atoms. The van der Waals surface area contributed by atoms with Gasteiger partial charge >= 0.3 is 5.97 Å². The zero-order valence-electron chi connectivity index (χ0n) is 20.2. The molecule has 2 aliphatic rings. The summed E-state index contributed by atoms with van der Waals surface area (Å²) in [6.45, 7) is 3.46. The van der Waals surface area contributed by atoms with Gasteiger partial charge in [-0.05, 0) is 69.1 Å². The molecule has 0 unspecified atom stereocenters. The summed E-state index contributed by atoms with van der Waals surface area (Å²) < 4.78 is 31.8. The van der Waals surface area contributed by atoms with Gasteiger partial charge in [-0.15, -0.1) is 0 Å². The van der Waals surface area contributed by atoms with E-state index in [9.17, 15) is 18.0 Å². The van der Waals surface area contributed by atoms with E-state index >= 15 is 0 Å². The molecule has 1 aromatic carbocycles. The number of amides is 1. The summed E-state index contributed by atoms with van der Waals surface area (Å²) in [5.41, 5.74) is 0.834. The van der Waals surface area contributed by atoms with E-state index in [0.29, 0.717) is 11.6 Å². The average molecular weight is 480 g/mol. The van der Waals surface area contributed by atoms with Crippen molar-refractivity contribution in [1.29, 1.82) is 0 Å². The summed E-state index contributed by atoms with van der Waals surface area (Å²) >= 11 is 0. The third-order valence-corrected chi connectivity index (χ3v) is 8.73. The molecule has 3 rings (SSSR count). The Labute approximate surface area is 197 Å². The number of hydrogen-bond acceptors (Lipinski definition) is 6. The van der Waals surface area contributed by atoms with Crippen LogP contribution >= 0.6 is 0 Å². The van der Waals surface area contributed by atoms with Crippen molar-refractivity contribution < 1.29 is 22.7 Å². The first-order valence-corrected chi connectivity index (χ1v) is 13.3. The van der Waals surface area contributed by atoms with Crippen molar-refractivity contribution in [1.82, 2.24) is 9.21 Å². The van der Waals surface area contributed by atoms with Gasteiger partial charge in [-0.2, -0.15) is 0 Å². The summed E-state index contributed by atoms with van der Waals surface area (Å²) in [6, 6.07) is 4.75. The van der Waals surface area contributed by atoms with E-state index in [4.69, 9.17) is 4.74 Å². The van der Waals surface area contributed by atoms with Crippen LogP contribution in [0.15, 0.2) is 23.1 Å². The number of benzene rings is 1. The monoisotopic (exact) mass is 479 g/mol. The molecule has 33 heavy (non-hydrogen) atoms. The number of ether oxygens (including phenoxy) is 1. The second kappa shape index (κ2) is 10.9. The molecule has 0 aromatic heterocycles. The van der Waals surface area contributed by atoms with Crippen molar-refractivity contribution >= 4 is 27.6 Å². The molecule has 1 aromatic rings. The van der Waals surface area contributed by atoms with Crippen molar-refractivity contribution in [3.05, 3.63) is 23.8 Å². The maximum Gasteiger partial charge on any atom is 0.340 e. The summed E-state index contributed by atoms with van der Waals surface area (Å²) in [4.78, 5) is 29.6. The molecule has 1 aliphatic carbocycles. The number of rotatable bonds is 7. The van der Waals surface area contributed by atoms with Crippen molar-refractivity contribution in [2.24, 2.45) is 5.92 Å². The van der Waals surface area contributed by atoms with Crippen molar-refractivity contribution in [3.8, 4) is 0 Å². The summed E-state index contributed by atoms with van der Waals surface area (Å²) in [5.74, 6) is -0.230. The molecule has 1 heterocycles. The van der Waals surface area contributed by atoms with Crippen LogP contribution in [0.5, 0.6) is 0 Å². The molecule has 9 heteroatoms. The van der Waals surface area contributed by atoms with Gasteiger partial charge in [0.2, 0.25) is 10.0 Å². The minimum Gasteiger partial charge on any atom is -0.452 e. The van der Waals surface area contributed by atoms with E-state index in [1.165, 1.54) is 26.2 Å². The number of sulfonamides is 1. The quantitative estimate of drug-likeness (QED) is 0.559. The molecule has 0 radical (unpaired) electrons. The Bertz CT molecular complexity index is 949. The van der Waals surface area contributed by atoms with E-state index in [-0.39, 0.29) is 29.0 Å². The van der Waals surface area contributed by atoms with Crippen molar-refractivity contribution in [2.75, 3.05) is 45.7 Å². The maximum atomic E-state index is 13.1. The normalized spacial score (nSPS) is 21.7. The topological polar surface area (TPSA) is 87.2 Å². The lowest BCUT2D eigenvalue weighted by Gasteiger charge is -2.33. The predicted octanol–water partition coefficient (Wildman–Crippen LogP) is 3.12. The smallest absolute Gasteiger partial charge is 0.340 e. The second-order valence-electron chi connectivity index (χ2n) is 9.51. The fourth-order valence-electron chi connectivity index (χ4n) is 4.60. The number of anilines is 1. The zero-order valence-corrected chi connectivity index (χ0v) is 21.1. The highest BCUT2D eigenvalue weighted by atomic mass is 32.2. The Morgan fingerprint density at radius 1 is 1.03 bits per heavy atom. The third kappa shape index (κ3) is 6.06. The van der Waals surface area contributed by atoms with Crippen molar-refractivity contribution in [3.63, 3.8) is 0 Å². The summed E-state index contributed by atoms with van der Waals surface area (Å²) in [5, 5.41) is 0. The summed E-state index contributed by atoms with van der Waals surface area (Å²) in [7, 11) is 0.953. The first kappa shape index (κ1) is 25.5. The molecular weight excluding hydrogens is 442 g/mol. The van der Waals surface area contributed by atoms with Crippen LogP contribution in [0.2, 0.25) is 0 Å². The lowest BCUT2D eigenvalue weighted by Crippen LogP contribution is -2.41. The lowest BCUT2D eigenvalue weighted by atomic mass is 9.87. The van der Waals surface area contributed by atoms with E-state index in [0.717, 1.165) is 62.3 Å². The second-order valence-corrected chi connectivity index (χ2v) is 11.7. The van der Waals surface area contributed by atoms with Crippen molar-refractivity contribution in [2.45, 2.75) is 62.8 Å². The van der Waals surface area contributed by atoms with Crippen LogP contribution in [0.1, 0.15) is 62.2 Å². The van der Waals surface area contributed by atoms with Crippen LogP contribution in [-0.2, 0) is 19.6 Å². The number of carbonyl (C=O) groups is 2. The molecular formula is C24H37N3O5S. The minimum absolute atomic E-state index is 0.0278. The predicted molar refractivity (Wildman–Crippen MR) is 128 cm³/mol.